The molecule has 0 aliphatic rings. The van der Waals surface area contributed by atoms with Crippen LogP contribution in [-0.4, -0.2) is 127 Å². The summed E-state index contributed by atoms with van der Waals surface area (Å²) in [6.07, 6.45) is 5.65. The van der Waals surface area contributed by atoms with Crippen molar-refractivity contribution in [3.05, 3.63) is 66.3 Å². The number of rotatable bonds is 22. The molecule has 22 nitrogen and oxygen atoms in total. The normalized spacial score (nSPS) is 13.6. The standard InChI is InChI=1S/C32H45N13O9/c33-21(9-18-11-36-15-40-18)27(49)45-25(14-46)30(52)44-23(10-19-12-37-16-41-19)29(51)43-22(2-1-7-38-32(34)35)28(50)39-13-26(48)42-24(31(53)54)8-17-3-5-20(47)6-4-17/h3-6,11-12,15-16,21-25,46-47H,1-2,7-10,13-14,33H2,(H,36,40)(H,37,41)(H,39,50)(H,42,48)(H,43,51)(H,44,52)(H,45,49)(H,53,54)(H4,34,35,38). The van der Waals surface area contributed by atoms with E-state index < -0.39 is 78.9 Å². The number of aliphatic hydroxyl groups excluding tert-OH is 1. The van der Waals surface area contributed by atoms with E-state index in [2.05, 4.69) is 51.8 Å². The number of aliphatic hydroxyl groups is 1. The second-order valence-corrected chi connectivity index (χ2v) is 12.0. The van der Waals surface area contributed by atoms with Crippen molar-refractivity contribution in [3.63, 3.8) is 0 Å². The molecule has 22 heteroatoms. The van der Waals surface area contributed by atoms with E-state index in [0.717, 1.165) is 0 Å². The number of H-pyrrole nitrogens is 2. The fourth-order valence-corrected chi connectivity index (χ4v) is 4.96. The van der Waals surface area contributed by atoms with E-state index in [1.807, 2.05) is 0 Å². The number of hydrogen-bond donors (Lipinski definition) is 14. The molecule has 5 amide bonds. The number of carboxylic acids is 1. The molecule has 3 aromatic rings. The zero-order valence-corrected chi connectivity index (χ0v) is 29.0. The Morgan fingerprint density at radius 1 is 0.759 bits per heavy atom. The highest BCUT2D eigenvalue weighted by atomic mass is 16.4. The number of aromatic hydroxyl groups is 1. The molecular formula is C32H45N13O9. The van der Waals surface area contributed by atoms with E-state index in [-0.39, 0.29) is 50.4 Å². The van der Waals surface area contributed by atoms with Gasteiger partial charge in [-0.15, -0.1) is 0 Å². The van der Waals surface area contributed by atoms with Crippen molar-refractivity contribution in [2.24, 2.45) is 11.5 Å². The molecule has 0 bridgehead atoms. The average molecular weight is 756 g/mol. The number of carbonyl (C=O) groups is 6. The molecule has 16 N–H and O–H groups in total. The number of amides is 5. The number of phenolic OH excluding ortho intramolecular Hbond substituents is 1. The van der Waals surface area contributed by atoms with Crippen LogP contribution in [0.3, 0.4) is 0 Å². The number of nitrogens with zero attached hydrogens (tertiary/aromatic N) is 2. The second-order valence-electron chi connectivity index (χ2n) is 12.0. The Kier molecular flexibility index (Phi) is 16.4. The highest BCUT2D eigenvalue weighted by Gasteiger charge is 2.31. The lowest BCUT2D eigenvalue weighted by Gasteiger charge is -2.25. The summed E-state index contributed by atoms with van der Waals surface area (Å²) >= 11 is 0. The van der Waals surface area contributed by atoms with Gasteiger partial charge in [0, 0.05) is 38.2 Å². The molecule has 54 heavy (non-hydrogen) atoms. The van der Waals surface area contributed by atoms with Crippen molar-refractivity contribution >= 4 is 41.5 Å². The van der Waals surface area contributed by atoms with Gasteiger partial charge in [-0.2, -0.15) is 0 Å². The molecule has 0 spiro atoms. The number of nitrogens with two attached hydrogens (primary N) is 2. The van der Waals surface area contributed by atoms with E-state index >= 15 is 0 Å². The number of carboxylic acid groups (broad SMARTS) is 1. The van der Waals surface area contributed by atoms with E-state index in [9.17, 15) is 44.1 Å². The Bertz CT molecular complexity index is 1700. The third kappa shape index (κ3) is 14.2. The number of phenols is 1. The van der Waals surface area contributed by atoms with Crippen molar-refractivity contribution in [2.75, 3.05) is 19.7 Å². The topological polar surface area (TPSA) is 369 Å². The number of nitrogens with one attached hydrogen (secondary N) is 9. The number of guanidine groups is 1. The zero-order valence-electron chi connectivity index (χ0n) is 29.0. The van der Waals surface area contributed by atoms with Crippen molar-refractivity contribution in [1.29, 1.82) is 5.41 Å². The Balaban J connectivity index is 1.69. The molecule has 0 fully saturated rings. The molecule has 0 saturated carbocycles. The van der Waals surface area contributed by atoms with E-state index in [1.165, 1.54) is 43.1 Å². The van der Waals surface area contributed by atoms with Gasteiger partial charge in [0.25, 0.3) is 0 Å². The first kappa shape index (κ1) is 41.9. The van der Waals surface area contributed by atoms with Crippen LogP contribution in [0.1, 0.15) is 29.8 Å². The Morgan fingerprint density at radius 3 is 1.93 bits per heavy atom. The molecule has 2 heterocycles. The van der Waals surface area contributed by atoms with Gasteiger partial charge in [-0.1, -0.05) is 12.1 Å². The minimum atomic E-state index is -1.52. The van der Waals surface area contributed by atoms with Crippen LogP contribution in [-0.2, 0) is 48.0 Å². The smallest absolute Gasteiger partial charge is 0.326 e. The first-order valence-corrected chi connectivity index (χ1v) is 16.6. The number of carbonyl (C=O) groups excluding carboxylic acids is 5. The van der Waals surface area contributed by atoms with E-state index in [4.69, 9.17) is 16.9 Å². The monoisotopic (exact) mass is 755 g/mol. The van der Waals surface area contributed by atoms with Gasteiger partial charge in [0.15, 0.2) is 5.96 Å². The van der Waals surface area contributed by atoms with E-state index in [1.54, 1.807) is 6.20 Å². The van der Waals surface area contributed by atoms with Crippen LogP contribution in [0.2, 0.25) is 0 Å². The van der Waals surface area contributed by atoms with E-state index in [0.29, 0.717) is 17.0 Å². The van der Waals surface area contributed by atoms with Gasteiger partial charge in [-0.3, -0.25) is 29.4 Å². The summed E-state index contributed by atoms with van der Waals surface area (Å²) in [4.78, 5) is 91.0. The predicted molar refractivity (Wildman–Crippen MR) is 189 cm³/mol. The predicted octanol–water partition coefficient (Wildman–Crippen LogP) is -4.41. The van der Waals surface area contributed by atoms with Crippen molar-refractivity contribution in [2.45, 2.75) is 62.3 Å². The van der Waals surface area contributed by atoms with Crippen LogP contribution in [0, 0.1) is 5.41 Å². The first-order valence-electron chi connectivity index (χ1n) is 16.6. The molecule has 1 aromatic carbocycles. The summed E-state index contributed by atoms with van der Waals surface area (Å²) in [6.45, 7) is -1.37. The fraction of sp³-hybridized carbons (Fsp3) is 0.406. The zero-order chi connectivity index (χ0) is 39.6. The summed E-state index contributed by atoms with van der Waals surface area (Å²) in [7, 11) is 0. The molecule has 2 aromatic heterocycles. The van der Waals surface area contributed by atoms with Gasteiger partial charge in [-0.25, -0.2) is 14.8 Å². The quantitative estimate of drug-likeness (QED) is 0.0262. The van der Waals surface area contributed by atoms with Crippen LogP contribution in [0.5, 0.6) is 5.75 Å². The molecule has 0 saturated heterocycles. The number of hydrogen-bond acceptors (Lipinski definition) is 12. The van der Waals surface area contributed by atoms with Crippen molar-refractivity contribution in [3.8, 4) is 5.75 Å². The number of aromatic amines is 2. The molecule has 3 rings (SSSR count). The lowest BCUT2D eigenvalue weighted by atomic mass is 10.1. The fourth-order valence-electron chi connectivity index (χ4n) is 4.96. The van der Waals surface area contributed by atoms with Gasteiger partial charge in [0.2, 0.25) is 29.5 Å². The molecule has 0 aliphatic carbocycles. The molecule has 0 radical (unpaired) electrons. The average Bonchev–Trinajstić information content (AvgIpc) is 3.85. The molecular weight excluding hydrogens is 710 g/mol. The maximum atomic E-state index is 13.7. The van der Waals surface area contributed by atoms with Crippen LogP contribution in [0.25, 0.3) is 0 Å². The molecule has 5 atom stereocenters. The minimum Gasteiger partial charge on any atom is -0.508 e. The Morgan fingerprint density at radius 2 is 1.35 bits per heavy atom. The Labute approximate surface area is 308 Å². The summed E-state index contributed by atoms with van der Waals surface area (Å²) in [5.74, 6) is -5.94. The number of aliphatic carboxylic acids is 1. The second kappa shape index (κ2) is 21.1. The summed E-state index contributed by atoms with van der Waals surface area (Å²) < 4.78 is 0. The summed E-state index contributed by atoms with van der Waals surface area (Å²) in [5.41, 5.74) is 12.6. The highest BCUT2D eigenvalue weighted by Crippen LogP contribution is 2.11. The van der Waals surface area contributed by atoms with Gasteiger partial charge in [0.1, 0.15) is 29.9 Å². The van der Waals surface area contributed by atoms with Gasteiger partial charge < -0.3 is 68.7 Å². The number of aromatic nitrogens is 4. The maximum Gasteiger partial charge on any atom is 0.326 e. The van der Waals surface area contributed by atoms with Crippen LogP contribution < -0.4 is 43.4 Å². The van der Waals surface area contributed by atoms with Crippen LogP contribution in [0.15, 0.2) is 49.3 Å². The summed E-state index contributed by atoms with van der Waals surface area (Å²) in [5, 5.41) is 51.0. The van der Waals surface area contributed by atoms with Gasteiger partial charge >= 0.3 is 5.97 Å². The molecule has 292 valence electrons. The third-order valence-electron chi connectivity index (χ3n) is 7.79. The Hall–Kier alpha value is -6.55. The van der Waals surface area contributed by atoms with Crippen molar-refractivity contribution in [1.82, 2.24) is 51.8 Å². The summed E-state index contributed by atoms with van der Waals surface area (Å²) in [6, 6.07) is -0.977. The maximum absolute atomic E-state index is 13.7. The lowest BCUT2D eigenvalue weighted by molar-refractivity contribution is -0.141. The number of imidazole rings is 2. The largest absolute Gasteiger partial charge is 0.508 e. The minimum absolute atomic E-state index is 0.0214. The molecule has 0 aliphatic heterocycles. The molecule has 5 unspecified atom stereocenters. The van der Waals surface area contributed by atoms with Crippen molar-refractivity contribution < 1.29 is 44.1 Å². The highest BCUT2D eigenvalue weighted by molar-refractivity contribution is 5.96. The first-order chi connectivity index (χ1) is 25.7. The lowest BCUT2D eigenvalue weighted by Crippen LogP contribution is -2.59. The SMILES string of the molecule is N=C(N)NCCCC(NC(=O)C(Cc1c[nH]cn1)NC(=O)C(CO)NC(=O)C(N)Cc1c[nH]cn1)C(=O)NCC(=O)NC(Cc1ccc(O)cc1)C(=O)O. The van der Waals surface area contributed by atoms with Crippen LogP contribution in [0.4, 0.5) is 0 Å². The van der Waals surface area contributed by atoms with Crippen LogP contribution >= 0.6 is 0 Å². The third-order valence-corrected chi connectivity index (χ3v) is 7.79. The number of benzene rings is 1. The van der Waals surface area contributed by atoms with Gasteiger partial charge in [0.05, 0.1) is 43.2 Å². The van der Waals surface area contributed by atoms with Gasteiger partial charge in [-0.05, 0) is 30.5 Å².